The number of hydrogen-bond donors (Lipinski definition) is 1. The van der Waals surface area contributed by atoms with Crippen molar-refractivity contribution in [1.29, 1.82) is 5.26 Å². The van der Waals surface area contributed by atoms with Gasteiger partial charge in [-0.15, -0.1) is 0 Å². The number of nitriles is 1. The summed E-state index contributed by atoms with van der Waals surface area (Å²) >= 11 is 0. The highest BCUT2D eigenvalue weighted by Crippen LogP contribution is 2.39. The molecule has 1 N–H and O–H groups in total. The minimum absolute atomic E-state index is 0.0846. The van der Waals surface area contributed by atoms with Crippen molar-refractivity contribution in [2.45, 2.75) is 32.6 Å². The Morgan fingerprint density at radius 3 is 2.55 bits per heavy atom. The fraction of sp³-hybridized carbons (Fsp3) is 0.500. The summed E-state index contributed by atoms with van der Waals surface area (Å²) in [6.45, 7) is 2.86. The maximum Gasteiger partial charge on any atom is 0.313 e. The smallest absolute Gasteiger partial charge is 0.313 e. The molecule has 0 heterocycles. The minimum atomic E-state index is -0.385. The fourth-order valence-corrected chi connectivity index (χ4v) is 2.72. The monoisotopic (exact) mass is 272 g/mol. The quantitative estimate of drug-likeness (QED) is 0.837. The first-order chi connectivity index (χ1) is 9.70. The zero-order valence-electron chi connectivity index (χ0n) is 11.8. The molecule has 1 saturated carbocycles. The molecule has 106 valence electrons. The van der Waals surface area contributed by atoms with E-state index in [1.165, 1.54) is 0 Å². The highest BCUT2D eigenvalue weighted by Gasteiger charge is 2.42. The first-order valence-corrected chi connectivity index (χ1v) is 7.11. The number of anilines is 1. The molecule has 0 atom stereocenters. The van der Waals surface area contributed by atoms with E-state index in [1.807, 2.05) is 19.1 Å². The van der Waals surface area contributed by atoms with Gasteiger partial charge in [0.05, 0.1) is 23.7 Å². The predicted molar refractivity (Wildman–Crippen MR) is 77.2 cm³/mol. The Morgan fingerprint density at radius 2 is 2.00 bits per heavy atom. The number of nitrogens with one attached hydrogen (secondary N) is 1. The Morgan fingerprint density at radius 1 is 1.35 bits per heavy atom. The predicted octanol–water partition coefficient (Wildman–Crippen LogP) is 3.09. The largest absolute Gasteiger partial charge is 0.466 e. The molecule has 2 rings (SSSR count). The molecule has 0 aromatic heterocycles. The average molecular weight is 272 g/mol. The molecule has 1 aliphatic rings. The van der Waals surface area contributed by atoms with Gasteiger partial charge in [-0.2, -0.15) is 5.26 Å². The van der Waals surface area contributed by atoms with E-state index in [0.29, 0.717) is 18.7 Å². The van der Waals surface area contributed by atoms with Crippen molar-refractivity contribution < 1.29 is 9.53 Å². The molecule has 1 fully saturated rings. The first kappa shape index (κ1) is 14.4. The molecule has 0 amide bonds. The summed E-state index contributed by atoms with van der Waals surface area (Å²) in [6, 6.07) is 9.37. The normalized spacial score (nSPS) is 16.4. The Bertz CT molecular complexity index is 496. The molecular weight excluding hydrogens is 252 g/mol. The van der Waals surface area contributed by atoms with Gasteiger partial charge in [-0.05, 0) is 44.0 Å². The van der Waals surface area contributed by atoms with Crippen LogP contribution in [-0.4, -0.2) is 19.1 Å². The van der Waals surface area contributed by atoms with E-state index >= 15 is 0 Å². The number of rotatable bonds is 5. The van der Waals surface area contributed by atoms with Crippen LogP contribution in [-0.2, 0) is 9.53 Å². The van der Waals surface area contributed by atoms with Gasteiger partial charge in [0, 0.05) is 12.2 Å². The number of ether oxygens (including phenoxy) is 1. The van der Waals surface area contributed by atoms with Crippen LogP contribution >= 0.6 is 0 Å². The van der Waals surface area contributed by atoms with Crippen molar-refractivity contribution in [2.75, 3.05) is 18.5 Å². The van der Waals surface area contributed by atoms with E-state index in [0.717, 1.165) is 31.4 Å². The zero-order chi connectivity index (χ0) is 14.4. The topological polar surface area (TPSA) is 62.1 Å². The number of carbonyl (C=O) groups is 1. The van der Waals surface area contributed by atoms with Gasteiger partial charge in [0.25, 0.3) is 0 Å². The summed E-state index contributed by atoms with van der Waals surface area (Å²) in [7, 11) is 0. The molecule has 4 nitrogen and oxygen atoms in total. The van der Waals surface area contributed by atoms with Crippen molar-refractivity contribution in [2.24, 2.45) is 5.41 Å². The van der Waals surface area contributed by atoms with Crippen LogP contribution in [0.5, 0.6) is 0 Å². The lowest BCUT2D eigenvalue weighted by atomic mass is 9.86. The molecule has 0 saturated heterocycles. The lowest BCUT2D eigenvalue weighted by Gasteiger charge is -2.27. The van der Waals surface area contributed by atoms with Gasteiger partial charge in [-0.25, -0.2) is 0 Å². The summed E-state index contributed by atoms with van der Waals surface area (Å²) in [5, 5.41) is 12.1. The first-order valence-electron chi connectivity index (χ1n) is 7.11. The fourth-order valence-electron chi connectivity index (χ4n) is 2.72. The van der Waals surface area contributed by atoms with Crippen molar-refractivity contribution in [3.63, 3.8) is 0 Å². The molecule has 1 aromatic rings. The Labute approximate surface area is 119 Å². The Hall–Kier alpha value is -2.02. The van der Waals surface area contributed by atoms with Crippen LogP contribution < -0.4 is 5.32 Å². The lowest BCUT2D eigenvalue weighted by molar-refractivity contribution is -0.154. The van der Waals surface area contributed by atoms with E-state index < -0.39 is 0 Å². The maximum atomic E-state index is 12.2. The van der Waals surface area contributed by atoms with Gasteiger partial charge in [0.2, 0.25) is 0 Å². The Kier molecular flexibility index (Phi) is 4.62. The van der Waals surface area contributed by atoms with Crippen LogP contribution in [0.15, 0.2) is 24.3 Å². The van der Waals surface area contributed by atoms with E-state index in [4.69, 9.17) is 10.00 Å². The standard InChI is InChI=1S/C16H20N2O2/c1-2-20-15(19)16(9-3-4-10-16)12-18-14-7-5-13(11-17)6-8-14/h5-8,18H,2-4,9-10,12H2,1H3. The SMILES string of the molecule is CCOC(=O)C1(CNc2ccc(C#N)cc2)CCCC1. The minimum Gasteiger partial charge on any atom is -0.466 e. The van der Waals surface area contributed by atoms with Crippen molar-refractivity contribution >= 4 is 11.7 Å². The summed E-state index contributed by atoms with van der Waals surface area (Å²) in [6.07, 6.45) is 3.92. The van der Waals surface area contributed by atoms with E-state index in [9.17, 15) is 4.79 Å². The third-order valence-electron chi connectivity index (χ3n) is 3.91. The van der Waals surface area contributed by atoms with E-state index in [2.05, 4.69) is 11.4 Å². The van der Waals surface area contributed by atoms with E-state index in [-0.39, 0.29) is 11.4 Å². The summed E-state index contributed by atoms with van der Waals surface area (Å²) in [5.41, 5.74) is 1.18. The van der Waals surface area contributed by atoms with Gasteiger partial charge >= 0.3 is 5.97 Å². The molecular formula is C16H20N2O2. The van der Waals surface area contributed by atoms with E-state index in [1.54, 1.807) is 12.1 Å². The second-order valence-electron chi connectivity index (χ2n) is 5.25. The molecule has 0 spiro atoms. The van der Waals surface area contributed by atoms with Crippen molar-refractivity contribution in [1.82, 2.24) is 0 Å². The summed E-state index contributed by atoms with van der Waals surface area (Å²) in [5.74, 6) is -0.0846. The van der Waals surface area contributed by atoms with Gasteiger partial charge < -0.3 is 10.1 Å². The molecule has 0 bridgehead atoms. The molecule has 20 heavy (non-hydrogen) atoms. The third kappa shape index (κ3) is 3.11. The van der Waals surface area contributed by atoms with Crippen LogP contribution in [0.3, 0.4) is 0 Å². The van der Waals surface area contributed by atoms with Crippen LogP contribution in [0.1, 0.15) is 38.2 Å². The number of benzene rings is 1. The van der Waals surface area contributed by atoms with Crippen molar-refractivity contribution in [3.8, 4) is 6.07 Å². The molecule has 4 heteroatoms. The highest BCUT2D eigenvalue weighted by molar-refractivity contribution is 5.78. The number of hydrogen-bond acceptors (Lipinski definition) is 4. The van der Waals surface area contributed by atoms with Crippen LogP contribution in [0.4, 0.5) is 5.69 Å². The molecule has 0 unspecified atom stereocenters. The average Bonchev–Trinajstić information content (AvgIpc) is 2.96. The van der Waals surface area contributed by atoms with Crippen molar-refractivity contribution in [3.05, 3.63) is 29.8 Å². The third-order valence-corrected chi connectivity index (χ3v) is 3.91. The van der Waals surface area contributed by atoms with Gasteiger partial charge in [-0.3, -0.25) is 4.79 Å². The number of esters is 1. The number of nitrogens with zero attached hydrogens (tertiary/aromatic N) is 1. The van der Waals surface area contributed by atoms with Crippen LogP contribution in [0.2, 0.25) is 0 Å². The van der Waals surface area contributed by atoms with Gasteiger partial charge in [-0.1, -0.05) is 12.8 Å². The Balaban J connectivity index is 2.02. The summed E-state index contributed by atoms with van der Waals surface area (Å²) in [4.78, 5) is 12.2. The molecule has 1 aromatic carbocycles. The van der Waals surface area contributed by atoms with Crippen LogP contribution in [0, 0.1) is 16.7 Å². The second-order valence-corrected chi connectivity index (χ2v) is 5.25. The van der Waals surface area contributed by atoms with Gasteiger partial charge in [0.15, 0.2) is 0 Å². The van der Waals surface area contributed by atoms with Gasteiger partial charge in [0.1, 0.15) is 0 Å². The molecule has 1 aliphatic carbocycles. The summed E-state index contributed by atoms with van der Waals surface area (Å²) < 4.78 is 5.23. The van der Waals surface area contributed by atoms with Crippen LogP contribution in [0.25, 0.3) is 0 Å². The second kappa shape index (κ2) is 6.42. The number of carbonyl (C=O) groups excluding carboxylic acids is 1. The maximum absolute atomic E-state index is 12.2. The highest BCUT2D eigenvalue weighted by atomic mass is 16.5. The lowest BCUT2D eigenvalue weighted by Crippen LogP contribution is -2.37. The molecule has 0 radical (unpaired) electrons. The zero-order valence-corrected chi connectivity index (χ0v) is 11.8. The molecule has 0 aliphatic heterocycles.